The highest BCUT2D eigenvalue weighted by Gasteiger charge is 2.23. The fourth-order valence-corrected chi connectivity index (χ4v) is 3.95. The first kappa shape index (κ1) is 20.4. The monoisotopic (exact) mass is 429 g/mol. The Morgan fingerprint density at radius 1 is 1.13 bits per heavy atom. The van der Waals surface area contributed by atoms with Crippen molar-refractivity contribution in [2.24, 2.45) is 0 Å². The molecule has 154 valence electrons. The standard InChI is InChI=1S/C23H19N5O2S/c1-15-19(12-13-30-15)21-26-27-23(28(21)18-9-4-3-5-10-18)31-16(2)22(29)25-20-11-7-6-8-17(20)14-24/h3-13,16H,1-2H3,(H,25,29). The molecule has 0 aliphatic heterocycles. The van der Waals surface area contributed by atoms with Gasteiger partial charge in [0.05, 0.1) is 28.3 Å². The molecule has 31 heavy (non-hydrogen) atoms. The van der Waals surface area contributed by atoms with Crippen LogP contribution >= 0.6 is 11.8 Å². The summed E-state index contributed by atoms with van der Waals surface area (Å²) in [6.07, 6.45) is 1.62. The number of aryl methyl sites for hydroxylation is 1. The van der Waals surface area contributed by atoms with Crippen molar-refractivity contribution in [2.75, 3.05) is 5.32 Å². The first-order valence-electron chi connectivity index (χ1n) is 9.60. The van der Waals surface area contributed by atoms with Crippen molar-refractivity contribution in [3.63, 3.8) is 0 Å². The van der Waals surface area contributed by atoms with Crippen molar-refractivity contribution in [3.05, 3.63) is 78.3 Å². The van der Waals surface area contributed by atoms with E-state index in [1.807, 2.05) is 47.9 Å². The second-order valence-electron chi connectivity index (χ2n) is 6.77. The summed E-state index contributed by atoms with van der Waals surface area (Å²) in [5.41, 5.74) is 2.62. The van der Waals surface area contributed by atoms with Gasteiger partial charge in [-0.2, -0.15) is 5.26 Å². The van der Waals surface area contributed by atoms with E-state index in [0.29, 0.717) is 22.2 Å². The van der Waals surface area contributed by atoms with Crippen molar-refractivity contribution in [2.45, 2.75) is 24.3 Å². The van der Waals surface area contributed by atoms with Crippen molar-refractivity contribution in [3.8, 4) is 23.1 Å². The minimum atomic E-state index is -0.475. The number of anilines is 1. The third-order valence-electron chi connectivity index (χ3n) is 4.70. The SMILES string of the molecule is Cc1occc1-c1nnc(SC(C)C(=O)Nc2ccccc2C#N)n1-c1ccccc1. The van der Waals surface area contributed by atoms with Crippen LogP contribution in [0.15, 0.2) is 76.5 Å². The lowest BCUT2D eigenvalue weighted by atomic mass is 10.2. The lowest BCUT2D eigenvalue weighted by Crippen LogP contribution is -2.23. The number of carbonyl (C=O) groups excluding carboxylic acids is 1. The third-order valence-corrected chi connectivity index (χ3v) is 5.75. The van der Waals surface area contributed by atoms with Gasteiger partial charge < -0.3 is 9.73 Å². The van der Waals surface area contributed by atoms with Crippen LogP contribution in [0.2, 0.25) is 0 Å². The molecule has 0 radical (unpaired) electrons. The predicted molar refractivity (Wildman–Crippen MR) is 119 cm³/mol. The largest absolute Gasteiger partial charge is 0.469 e. The van der Waals surface area contributed by atoms with Crippen LogP contribution in [0.5, 0.6) is 0 Å². The number of nitriles is 1. The van der Waals surface area contributed by atoms with Crippen molar-refractivity contribution in [1.29, 1.82) is 5.26 Å². The molecule has 0 aliphatic carbocycles. The summed E-state index contributed by atoms with van der Waals surface area (Å²) in [5, 5.41) is 20.9. The molecule has 0 saturated heterocycles. The van der Waals surface area contributed by atoms with Crippen molar-refractivity contribution in [1.82, 2.24) is 14.8 Å². The van der Waals surface area contributed by atoms with Crippen LogP contribution in [0, 0.1) is 18.3 Å². The zero-order chi connectivity index (χ0) is 21.8. The number of amides is 1. The first-order valence-corrected chi connectivity index (χ1v) is 10.5. The Kier molecular flexibility index (Phi) is 5.87. The average molecular weight is 430 g/mol. The van der Waals surface area contributed by atoms with Gasteiger partial charge in [-0.1, -0.05) is 42.1 Å². The molecule has 0 aliphatic rings. The van der Waals surface area contributed by atoms with Gasteiger partial charge in [-0.25, -0.2) is 0 Å². The van der Waals surface area contributed by atoms with Gasteiger partial charge in [0.1, 0.15) is 11.8 Å². The van der Waals surface area contributed by atoms with Crippen LogP contribution in [0.1, 0.15) is 18.2 Å². The van der Waals surface area contributed by atoms with E-state index in [1.165, 1.54) is 11.8 Å². The summed E-state index contributed by atoms with van der Waals surface area (Å²) < 4.78 is 7.36. The van der Waals surface area contributed by atoms with Crippen LogP contribution < -0.4 is 5.32 Å². The summed E-state index contributed by atoms with van der Waals surface area (Å²) in [4.78, 5) is 12.8. The highest BCUT2D eigenvalue weighted by atomic mass is 32.2. The van der Waals surface area contributed by atoms with Gasteiger partial charge in [-0.15, -0.1) is 10.2 Å². The molecule has 2 aromatic heterocycles. The molecule has 2 aromatic carbocycles. The summed E-state index contributed by atoms with van der Waals surface area (Å²) in [6, 6.07) is 20.6. The van der Waals surface area contributed by atoms with Gasteiger partial charge in [0.2, 0.25) is 5.91 Å². The second-order valence-corrected chi connectivity index (χ2v) is 8.08. The van der Waals surface area contributed by atoms with E-state index in [2.05, 4.69) is 21.6 Å². The van der Waals surface area contributed by atoms with Crippen LogP contribution in [-0.2, 0) is 4.79 Å². The van der Waals surface area contributed by atoms with Gasteiger partial charge in [0, 0.05) is 5.69 Å². The number of furan rings is 1. The van der Waals surface area contributed by atoms with E-state index >= 15 is 0 Å². The molecule has 0 saturated carbocycles. The van der Waals surface area contributed by atoms with E-state index in [9.17, 15) is 10.1 Å². The molecule has 8 heteroatoms. The summed E-state index contributed by atoms with van der Waals surface area (Å²) in [5.74, 6) is 1.15. The number of benzene rings is 2. The first-order chi connectivity index (χ1) is 15.1. The number of hydrogen-bond donors (Lipinski definition) is 1. The lowest BCUT2D eigenvalue weighted by molar-refractivity contribution is -0.115. The van der Waals surface area contributed by atoms with E-state index in [0.717, 1.165) is 17.0 Å². The molecule has 1 atom stereocenters. The number of nitrogens with zero attached hydrogens (tertiary/aromatic N) is 4. The van der Waals surface area contributed by atoms with E-state index in [-0.39, 0.29) is 5.91 Å². The molecule has 0 spiro atoms. The van der Waals surface area contributed by atoms with Crippen molar-refractivity contribution >= 4 is 23.4 Å². The zero-order valence-corrected chi connectivity index (χ0v) is 17.8. The molecule has 1 N–H and O–H groups in total. The Morgan fingerprint density at radius 2 is 1.87 bits per heavy atom. The highest BCUT2D eigenvalue weighted by Crippen LogP contribution is 2.32. The maximum absolute atomic E-state index is 12.8. The number of rotatable bonds is 6. The maximum atomic E-state index is 12.8. The third kappa shape index (κ3) is 4.22. The Labute approximate surface area is 183 Å². The van der Waals surface area contributed by atoms with Crippen LogP contribution in [0.25, 0.3) is 17.1 Å². The highest BCUT2D eigenvalue weighted by molar-refractivity contribution is 8.00. The Morgan fingerprint density at radius 3 is 2.58 bits per heavy atom. The number of carbonyl (C=O) groups is 1. The smallest absolute Gasteiger partial charge is 0.237 e. The lowest BCUT2D eigenvalue weighted by Gasteiger charge is -2.14. The molecule has 4 rings (SSSR count). The van der Waals surface area contributed by atoms with Gasteiger partial charge in [0.25, 0.3) is 0 Å². The zero-order valence-electron chi connectivity index (χ0n) is 16.9. The molecule has 0 bridgehead atoms. The number of hydrogen-bond acceptors (Lipinski definition) is 6. The summed E-state index contributed by atoms with van der Waals surface area (Å²) in [6.45, 7) is 3.66. The van der Waals surface area contributed by atoms with Gasteiger partial charge in [0.15, 0.2) is 11.0 Å². The Bertz CT molecular complexity index is 1260. The predicted octanol–water partition coefficient (Wildman–Crippen LogP) is 4.83. The molecule has 1 amide bonds. The second kappa shape index (κ2) is 8.90. The molecular weight excluding hydrogens is 410 g/mol. The van der Waals surface area contributed by atoms with Crippen molar-refractivity contribution < 1.29 is 9.21 Å². The fraction of sp³-hybridized carbons (Fsp3) is 0.130. The summed E-state index contributed by atoms with van der Waals surface area (Å²) in [7, 11) is 0. The van der Waals surface area contributed by atoms with E-state index < -0.39 is 5.25 Å². The Balaban J connectivity index is 1.64. The summed E-state index contributed by atoms with van der Waals surface area (Å²) >= 11 is 1.29. The van der Waals surface area contributed by atoms with Gasteiger partial charge in [-0.3, -0.25) is 9.36 Å². The molecular formula is C23H19N5O2S. The van der Waals surface area contributed by atoms with Crippen LogP contribution in [0.4, 0.5) is 5.69 Å². The maximum Gasteiger partial charge on any atom is 0.237 e. The molecule has 1 unspecified atom stereocenters. The molecule has 2 heterocycles. The normalized spacial score (nSPS) is 11.6. The molecule has 0 fully saturated rings. The number of thioether (sulfide) groups is 1. The van der Waals surface area contributed by atoms with Gasteiger partial charge in [-0.05, 0) is 44.2 Å². The number of aromatic nitrogens is 3. The number of para-hydroxylation sites is 2. The Hall–Kier alpha value is -3.83. The van der Waals surface area contributed by atoms with Crippen LogP contribution in [-0.4, -0.2) is 25.9 Å². The quantitative estimate of drug-likeness (QED) is 0.441. The average Bonchev–Trinajstić information content (AvgIpc) is 3.40. The van der Waals surface area contributed by atoms with Gasteiger partial charge >= 0.3 is 0 Å². The van der Waals surface area contributed by atoms with Crippen LogP contribution in [0.3, 0.4) is 0 Å². The minimum absolute atomic E-state index is 0.226. The number of nitrogens with one attached hydrogen (secondary N) is 1. The van der Waals surface area contributed by atoms with E-state index in [4.69, 9.17) is 4.42 Å². The fourth-order valence-electron chi connectivity index (χ4n) is 3.08. The molecule has 7 nitrogen and oxygen atoms in total. The molecule has 4 aromatic rings. The minimum Gasteiger partial charge on any atom is -0.469 e. The van der Waals surface area contributed by atoms with E-state index in [1.54, 1.807) is 37.5 Å². The topological polar surface area (TPSA) is 96.7 Å².